The number of hydrogen-bond acceptors (Lipinski definition) is 5. The summed E-state index contributed by atoms with van der Waals surface area (Å²) in [5.41, 5.74) is 0. The molecule has 7 heteroatoms. The van der Waals surface area contributed by atoms with Crippen molar-refractivity contribution in [1.82, 2.24) is 4.72 Å². The standard InChI is InChI=1S/C12H15NO3S3/c1-17-7-6-13-19(15,16)12-9-4-2-3-5-10(9)18-11(12)8-14/h2-5,13-14H,6-8H2,1H3. The zero-order chi connectivity index (χ0) is 13.9. The molecule has 0 aliphatic heterocycles. The minimum Gasteiger partial charge on any atom is -0.391 e. The maximum atomic E-state index is 12.3. The highest BCUT2D eigenvalue weighted by Gasteiger charge is 2.23. The Morgan fingerprint density at radius 3 is 2.79 bits per heavy atom. The van der Waals surface area contributed by atoms with Crippen molar-refractivity contribution in [3.63, 3.8) is 0 Å². The van der Waals surface area contributed by atoms with Crippen LogP contribution in [-0.4, -0.2) is 32.1 Å². The number of rotatable bonds is 6. The fraction of sp³-hybridized carbons (Fsp3) is 0.333. The third-order valence-electron chi connectivity index (χ3n) is 2.63. The molecule has 0 aliphatic carbocycles. The van der Waals surface area contributed by atoms with Crippen LogP contribution in [0.25, 0.3) is 10.1 Å². The summed E-state index contributed by atoms with van der Waals surface area (Å²) in [6, 6.07) is 7.29. The molecule has 4 nitrogen and oxygen atoms in total. The van der Waals surface area contributed by atoms with Crippen LogP contribution in [0.3, 0.4) is 0 Å². The molecule has 1 aromatic carbocycles. The first-order valence-corrected chi connectivity index (χ1v) is 9.39. The average molecular weight is 317 g/mol. The molecule has 0 aliphatic rings. The van der Waals surface area contributed by atoms with E-state index < -0.39 is 10.0 Å². The Kier molecular flexibility index (Phi) is 4.86. The summed E-state index contributed by atoms with van der Waals surface area (Å²) in [7, 11) is -3.57. The van der Waals surface area contributed by atoms with E-state index in [1.807, 2.05) is 18.4 Å². The second kappa shape index (κ2) is 6.23. The number of thiophene rings is 1. The number of fused-ring (bicyclic) bond motifs is 1. The Balaban J connectivity index is 2.48. The van der Waals surface area contributed by atoms with Crippen LogP contribution in [0.15, 0.2) is 29.2 Å². The second-order valence-electron chi connectivity index (χ2n) is 3.90. The van der Waals surface area contributed by atoms with Gasteiger partial charge in [-0.05, 0) is 12.3 Å². The summed E-state index contributed by atoms with van der Waals surface area (Å²) in [4.78, 5) is 0.703. The number of aliphatic hydroxyl groups excluding tert-OH is 1. The number of nitrogens with one attached hydrogen (secondary N) is 1. The number of hydrogen-bond donors (Lipinski definition) is 2. The molecule has 2 rings (SSSR count). The minimum atomic E-state index is -3.57. The van der Waals surface area contributed by atoms with Gasteiger partial charge in [-0.15, -0.1) is 11.3 Å². The van der Waals surface area contributed by atoms with Crippen LogP contribution in [0.2, 0.25) is 0 Å². The van der Waals surface area contributed by atoms with Crippen LogP contribution in [0.4, 0.5) is 0 Å². The molecule has 0 bridgehead atoms. The van der Waals surface area contributed by atoms with E-state index in [2.05, 4.69) is 4.72 Å². The summed E-state index contributed by atoms with van der Waals surface area (Å²) >= 11 is 2.90. The molecular weight excluding hydrogens is 302 g/mol. The molecule has 0 unspecified atom stereocenters. The van der Waals surface area contributed by atoms with Crippen LogP contribution < -0.4 is 4.72 Å². The van der Waals surface area contributed by atoms with Gasteiger partial charge in [0.25, 0.3) is 0 Å². The van der Waals surface area contributed by atoms with Crippen LogP contribution in [-0.2, 0) is 16.6 Å². The SMILES string of the molecule is CSCCNS(=O)(=O)c1c(CO)sc2ccccc12. The lowest BCUT2D eigenvalue weighted by Crippen LogP contribution is -2.26. The highest BCUT2D eigenvalue weighted by molar-refractivity contribution is 7.98. The van der Waals surface area contributed by atoms with Gasteiger partial charge in [0.1, 0.15) is 4.90 Å². The smallest absolute Gasteiger partial charge is 0.242 e. The summed E-state index contributed by atoms with van der Waals surface area (Å²) in [6.07, 6.45) is 1.92. The van der Waals surface area contributed by atoms with Gasteiger partial charge in [-0.2, -0.15) is 11.8 Å². The zero-order valence-electron chi connectivity index (χ0n) is 10.4. The normalized spacial score (nSPS) is 12.1. The molecule has 0 radical (unpaired) electrons. The van der Waals surface area contributed by atoms with Gasteiger partial charge in [-0.3, -0.25) is 0 Å². The number of aliphatic hydroxyl groups is 1. The molecular formula is C12H15NO3S3. The Bertz CT molecular complexity index is 664. The topological polar surface area (TPSA) is 66.4 Å². The minimum absolute atomic E-state index is 0.219. The maximum absolute atomic E-state index is 12.3. The number of thioether (sulfide) groups is 1. The predicted molar refractivity (Wildman–Crippen MR) is 81.3 cm³/mol. The van der Waals surface area contributed by atoms with E-state index in [0.717, 1.165) is 10.5 Å². The monoisotopic (exact) mass is 317 g/mol. The fourth-order valence-electron chi connectivity index (χ4n) is 1.82. The number of benzene rings is 1. The quantitative estimate of drug-likeness (QED) is 0.800. The molecule has 1 aromatic heterocycles. The summed E-state index contributed by atoms with van der Waals surface area (Å²) in [5, 5.41) is 10.0. The van der Waals surface area contributed by atoms with Crippen molar-refractivity contribution in [3.05, 3.63) is 29.1 Å². The molecule has 0 saturated carbocycles. The van der Waals surface area contributed by atoms with E-state index in [9.17, 15) is 13.5 Å². The molecule has 104 valence electrons. The van der Waals surface area contributed by atoms with Crippen LogP contribution >= 0.6 is 23.1 Å². The van der Waals surface area contributed by atoms with Crippen molar-refractivity contribution in [1.29, 1.82) is 0 Å². The van der Waals surface area contributed by atoms with Crippen LogP contribution in [0, 0.1) is 0 Å². The fourth-order valence-corrected chi connectivity index (χ4v) is 5.08. The van der Waals surface area contributed by atoms with E-state index >= 15 is 0 Å². The zero-order valence-corrected chi connectivity index (χ0v) is 12.9. The molecule has 0 spiro atoms. The van der Waals surface area contributed by atoms with Gasteiger partial charge in [-0.25, -0.2) is 13.1 Å². The molecule has 0 saturated heterocycles. The highest BCUT2D eigenvalue weighted by Crippen LogP contribution is 2.34. The molecule has 1 heterocycles. The molecule has 0 fully saturated rings. The lowest BCUT2D eigenvalue weighted by molar-refractivity contribution is 0.283. The van der Waals surface area contributed by atoms with E-state index in [4.69, 9.17) is 0 Å². The lowest BCUT2D eigenvalue weighted by atomic mass is 10.2. The van der Waals surface area contributed by atoms with Gasteiger partial charge >= 0.3 is 0 Å². The third-order valence-corrected chi connectivity index (χ3v) is 6.11. The first-order chi connectivity index (χ1) is 9.10. The van der Waals surface area contributed by atoms with Crippen molar-refractivity contribution in [2.45, 2.75) is 11.5 Å². The Morgan fingerprint density at radius 2 is 2.11 bits per heavy atom. The van der Waals surface area contributed by atoms with Crippen LogP contribution in [0.1, 0.15) is 4.88 Å². The van der Waals surface area contributed by atoms with E-state index in [1.165, 1.54) is 11.3 Å². The number of sulfonamides is 1. The van der Waals surface area contributed by atoms with Crippen molar-refractivity contribution < 1.29 is 13.5 Å². The van der Waals surface area contributed by atoms with Crippen molar-refractivity contribution in [3.8, 4) is 0 Å². The van der Waals surface area contributed by atoms with Crippen molar-refractivity contribution in [2.24, 2.45) is 0 Å². The highest BCUT2D eigenvalue weighted by atomic mass is 32.2. The van der Waals surface area contributed by atoms with Gasteiger partial charge in [0.15, 0.2) is 0 Å². The molecule has 2 aromatic rings. The Morgan fingerprint density at radius 1 is 1.37 bits per heavy atom. The largest absolute Gasteiger partial charge is 0.391 e. The third kappa shape index (κ3) is 3.11. The van der Waals surface area contributed by atoms with Gasteiger partial charge in [-0.1, -0.05) is 18.2 Å². The van der Waals surface area contributed by atoms with Crippen molar-refractivity contribution in [2.75, 3.05) is 18.6 Å². The van der Waals surface area contributed by atoms with Gasteiger partial charge in [0, 0.05) is 22.4 Å². The summed E-state index contributed by atoms with van der Waals surface area (Å²) in [6.45, 7) is 0.122. The summed E-state index contributed by atoms with van der Waals surface area (Å²) in [5.74, 6) is 0.718. The van der Waals surface area contributed by atoms with E-state index in [0.29, 0.717) is 16.8 Å². The first kappa shape index (κ1) is 14.8. The summed E-state index contributed by atoms with van der Waals surface area (Å²) < 4.78 is 28.1. The Labute approximate surface area is 120 Å². The second-order valence-corrected chi connectivity index (χ2v) is 7.73. The maximum Gasteiger partial charge on any atom is 0.242 e. The average Bonchev–Trinajstić information content (AvgIpc) is 2.78. The van der Waals surface area contributed by atoms with Gasteiger partial charge < -0.3 is 5.11 Å². The van der Waals surface area contributed by atoms with E-state index in [-0.39, 0.29) is 11.5 Å². The lowest BCUT2D eigenvalue weighted by Gasteiger charge is -2.06. The predicted octanol–water partition coefficient (Wildman–Crippen LogP) is 2.03. The molecule has 0 amide bonds. The molecule has 0 atom stereocenters. The first-order valence-electron chi connectivity index (χ1n) is 5.70. The molecule has 19 heavy (non-hydrogen) atoms. The van der Waals surface area contributed by atoms with Crippen LogP contribution in [0.5, 0.6) is 0 Å². The Hall–Kier alpha value is -0.600. The van der Waals surface area contributed by atoms with Gasteiger partial charge in [0.2, 0.25) is 10.0 Å². The van der Waals surface area contributed by atoms with Crippen molar-refractivity contribution >= 4 is 43.2 Å². The van der Waals surface area contributed by atoms with E-state index in [1.54, 1.807) is 23.9 Å². The van der Waals surface area contributed by atoms with Gasteiger partial charge in [0.05, 0.1) is 11.5 Å². The molecule has 2 N–H and O–H groups in total.